The highest BCUT2D eigenvalue weighted by Gasteiger charge is 2.41. The fraction of sp³-hybridized carbons (Fsp3) is 0.333. The lowest BCUT2D eigenvalue weighted by Gasteiger charge is -2.21. The summed E-state index contributed by atoms with van der Waals surface area (Å²) in [6.07, 6.45) is -4.10. The lowest BCUT2D eigenvalue weighted by molar-refractivity contribution is -0.127. The van der Waals surface area contributed by atoms with E-state index in [-0.39, 0.29) is 17.1 Å². The fourth-order valence-corrected chi connectivity index (χ4v) is 1.62. The zero-order valence-electron chi connectivity index (χ0n) is 7.11. The van der Waals surface area contributed by atoms with E-state index < -0.39 is 12.1 Å². The molecule has 0 aromatic heterocycles. The number of anilines is 1. The molecule has 0 spiro atoms. The summed E-state index contributed by atoms with van der Waals surface area (Å²) in [5.74, 6) is -0.639. The van der Waals surface area contributed by atoms with Crippen LogP contribution in [0.15, 0.2) is 18.2 Å². The first kappa shape index (κ1) is 9.30. The number of hydrogen-bond donors (Lipinski definition) is 0. The van der Waals surface area contributed by atoms with Gasteiger partial charge in [0.1, 0.15) is 5.82 Å². The lowest BCUT2D eigenvalue weighted by Crippen LogP contribution is -2.36. The predicted octanol–water partition coefficient (Wildman–Crippen LogP) is 2.71. The summed E-state index contributed by atoms with van der Waals surface area (Å²) in [5, 5.41) is 0. The number of benzene rings is 1. The van der Waals surface area contributed by atoms with Gasteiger partial charge in [0.15, 0.2) is 0 Å². The van der Waals surface area contributed by atoms with Gasteiger partial charge < -0.3 is 0 Å². The molecule has 0 saturated heterocycles. The first-order valence-electron chi connectivity index (χ1n) is 4.11. The molecule has 1 nitrogen and oxygen atoms in total. The van der Waals surface area contributed by atoms with Crippen molar-refractivity contribution in [3.05, 3.63) is 29.6 Å². The normalized spacial score (nSPS) is 15.9. The number of hydrogen-bond acceptors (Lipinski definition) is 1. The van der Waals surface area contributed by atoms with Gasteiger partial charge in [-0.1, -0.05) is 6.07 Å². The number of alkyl halides is 3. The van der Waals surface area contributed by atoms with E-state index in [1.807, 2.05) is 0 Å². The van der Waals surface area contributed by atoms with Crippen LogP contribution in [0.4, 0.5) is 23.2 Å². The van der Waals surface area contributed by atoms with Gasteiger partial charge in [-0.2, -0.15) is 13.2 Å². The second kappa shape index (κ2) is 2.87. The highest BCUT2D eigenvalue weighted by Crippen LogP contribution is 2.36. The topological polar surface area (TPSA) is 3.24 Å². The van der Waals surface area contributed by atoms with E-state index in [9.17, 15) is 17.6 Å². The Hall–Kier alpha value is -1.26. The maximum Gasteiger partial charge on any atom is 0.484 e. The largest absolute Gasteiger partial charge is 0.484 e. The van der Waals surface area contributed by atoms with Crippen molar-refractivity contribution in [3.8, 4) is 0 Å². The molecule has 76 valence electrons. The van der Waals surface area contributed by atoms with Gasteiger partial charge in [-0.15, -0.1) is 0 Å². The van der Waals surface area contributed by atoms with E-state index in [1.165, 1.54) is 12.1 Å². The monoisotopic (exact) mass is 205 g/mol. The van der Waals surface area contributed by atoms with Gasteiger partial charge in [-0.25, -0.2) is 4.39 Å². The Labute approximate surface area is 77.9 Å². The highest BCUT2D eigenvalue weighted by molar-refractivity contribution is 5.58. The molecule has 0 amide bonds. The molecule has 2 rings (SSSR count). The van der Waals surface area contributed by atoms with Gasteiger partial charge >= 0.3 is 6.30 Å². The first-order valence-corrected chi connectivity index (χ1v) is 4.11. The minimum atomic E-state index is -4.42. The van der Waals surface area contributed by atoms with E-state index in [2.05, 4.69) is 0 Å². The average Bonchev–Trinajstić information content (AvgIpc) is 2.45. The molecule has 0 saturated carbocycles. The molecule has 1 aromatic carbocycles. The van der Waals surface area contributed by atoms with Crippen molar-refractivity contribution in [1.82, 2.24) is 0 Å². The summed E-state index contributed by atoms with van der Waals surface area (Å²) in [7, 11) is 0. The summed E-state index contributed by atoms with van der Waals surface area (Å²) < 4.78 is 49.9. The Kier molecular flexibility index (Phi) is 1.90. The molecule has 1 aromatic rings. The Bertz CT molecular complexity index is 358. The van der Waals surface area contributed by atoms with E-state index in [0.29, 0.717) is 12.0 Å². The Balaban J connectivity index is 2.43. The molecule has 0 bridgehead atoms. The zero-order valence-corrected chi connectivity index (χ0v) is 7.11. The first-order chi connectivity index (χ1) is 6.48. The van der Waals surface area contributed by atoms with Crippen LogP contribution in [0, 0.1) is 5.82 Å². The second-order valence-electron chi connectivity index (χ2n) is 3.14. The van der Waals surface area contributed by atoms with Crippen LogP contribution in [0.3, 0.4) is 0 Å². The van der Waals surface area contributed by atoms with Gasteiger partial charge in [-0.05, 0) is 24.1 Å². The number of nitrogens with zero attached hydrogens (tertiary/aromatic N) is 1. The van der Waals surface area contributed by atoms with Crippen LogP contribution in [-0.4, -0.2) is 12.8 Å². The predicted molar refractivity (Wildman–Crippen MR) is 43.5 cm³/mol. The van der Waals surface area contributed by atoms with E-state index >= 15 is 0 Å². The van der Waals surface area contributed by atoms with E-state index in [4.69, 9.17) is 0 Å². The molecule has 1 aliphatic heterocycles. The maximum atomic E-state index is 12.7. The number of halogens is 4. The minimum absolute atomic E-state index is 0.0579. The van der Waals surface area contributed by atoms with Crippen molar-refractivity contribution in [3.63, 3.8) is 0 Å². The smallest absolute Gasteiger partial charge is 0.283 e. The van der Waals surface area contributed by atoms with Crippen molar-refractivity contribution in [2.75, 3.05) is 11.4 Å². The average molecular weight is 205 g/mol. The summed E-state index contributed by atoms with van der Waals surface area (Å²) in [6, 6.07) is 3.50. The summed E-state index contributed by atoms with van der Waals surface area (Å²) in [5.41, 5.74) is 0.487. The lowest BCUT2D eigenvalue weighted by atomic mass is 10.2. The van der Waals surface area contributed by atoms with Gasteiger partial charge in [-0.3, -0.25) is 4.90 Å². The molecule has 14 heavy (non-hydrogen) atoms. The van der Waals surface area contributed by atoms with Crippen molar-refractivity contribution >= 4 is 5.69 Å². The molecule has 1 aliphatic rings. The fourth-order valence-electron chi connectivity index (χ4n) is 1.62. The second-order valence-corrected chi connectivity index (χ2v) is 3.14. The van der Waals surface area contributed by atoms with E-state index in [1.54, 1.807) is 0 Å². The molecule has 1 heterocycles. The van der Waals surface area contributed by atoms with Crippen LogP contribution in [0.1, 0.15) is 5.56 Å². The Morgan fingerprint density at radius 2 is 1.93 bits per heavy atom. The van der Waals surface area contributed by atoms with Gasteiger partial charge in [0.25, 0.3) is 0 Å². The quantitative estimate of drug-likeness (QED) is 0.465. The van der Waals surface area contributed by atoms with Crippen LogP contribution >= 0.6 is 0 Å². The van der Waals surface area contributed by atoms with E-state index in [0.717, 1.165) is 6.07 Å². The van der Waals surface area contributed by atoms with Crippen LogP contribution in [0.25, 0.3) is 0 Å². The van der Waals surface area contributed by atoms with Gasteiger partial charge in [0.05, 0.1) is 5.69 Å². The third kappa shape index (κ3) is 1.42. The van der Waals surface area contributed by atoms with Crippen molar-refractivity contribution in [2.45, 2.75) is 12.7 Å². The van der Waals surface area contributed by atoms with Gasteiger partial charge in [0, 0.05) is 6.54 Å². The third-order valence-electron chi connectivity index (χ3n) is 2.25. The molecular weight excluding hydrogens is 198 g/mol. The summed E-state index contributed by atoms with van der Waals surface area (Å²) in [4.78, 5) is 0.269. The Morgan fingerprint density at radius 3 is 2.57 bits per heavy atom. The maximum absolute atomic E-state index is 12.7. The van der Waals surface area contributed by atoms with Crippen LogP contribution in [0.2, 0.25) is 0 Å². The third-order valence-corrected chi connectivity index (χ3v) is 2.25. The van der Waals surface area contributed by atoms with Crippen LogP contribution in [0.5, 0.6) is 0 Å². The van der Waals surface area contributed by atoms with Gasteiger partial charge in [0.2, 0.25) is 0 Å². The Morgan fingerprint density at radius 1 is 1.21 bits per heavy atom. The molecule has 0 fully saturated rings. The summed E-state index contributed by atoms with van der Waals surface area (Å²) in [6.45, 7) is -0.123. The standard InChI is InChI=1S/C9H7F4N/c10-7-2-1-6-3-4-14(8(6)5-7)9(11,12)13/h1-2,5H,3-4H2. The molecule has 0 N–H and O–H groups in total. The van der Waals surface area contributed by atoms with Crippen molar-refractivity contribution in [1.29, 1.82) is 0 Å². The van der Waals surface area contributed by atoms with Crippen molar-refractivity contribution in [2.24, 2.45) is 0 Å². The number of fused-ring (bicyclic) bond motifs is 1. The SMILES string of the molecule is Fc1ccc2c(c1)N(C(F)(F)F)CC2. The number of rotatable bonds is 0. The van der Waals surface area contributed by atoms with Crippen LogP contribution < -0.4 is 4.90 Å². The minimum Gasteiger partial charge on any atom is -0.283 e. The highest BCUT2D eigenvalue weighted by atomic mass is 19.4. The zero-order chi connectivity index (χ0) is 10.3. The molecule has 0 aliphatic carbocycles. The molecule has 0 unspecified atom stereocenters. The molecular formula is C9H7F4N. The molecule has 0 atom stereocenters. The van der Waals surface area contributed by atoms with Crippen LogP contribution in [-0.2, 0) is 6.42 Å². The molecule has 0 radical (unpaired) electrons. The summed E-state index contributed by atoms with van der Waals surface area (Å²) >= 11 is 0. The van der Waals surface area contributed by atoms with Crippen molar-refractivity contribution < 1.29 is 17.6 Å². The molecule has 5 heteroatoms.